The van der Waals surface area contributed by atoms with Crippen LogP contribution in [0.25, 0.3) is 6.08 Å². The number of hydrogen-bond donors (Lipinski definition) is 0. The molecule has 2 aromatic rings. The lowest BCUT2D eigenvalue weighted by molar-refractivity contribution is -0.129. The first kappa shape index (κ1) is 17.2. The summed E-state index contributed by atoms with van der Waals surface area (Å²) in [4.78, 5) is 24.3. The van der Waals surface area contributed by atoms with E-state index in [0.717, 1.165) is 8.66 Å². The van der Waals surface area contributed by atoms with Crippen molar-refractivity contribution >= 4 is 45.3 Å². The molecule has 0 fully saturated rings. The maximum Gasteiger partial charge on any atom is 0.337 e. The molecular formula is C16H13BrO5S. The van der Waals surface area contributed by atoms with Crippen LogP contribution in [-0.4, -0.2) is 26.2 Å². The second-order valence-corrected chi connectivity index (χ2v) is 6.75. The topological polar surface area (TPSA) is 61.8 Å². The van der Waals surface area contributed by atoms with Gasteiger partial charge in [-0.2, -0.15) is 0 Å². The molecule has 0 saturated carbocycles. The highest BCUT2D eigenvalue weighted by Gasteiger charge is 2.13. The number of methoxy groups -OCH3 is 2. The molecule has 1 aromatic heterocycles. The van der Waals surface area contributed by atoms with Crippen LogP contribution in [0.4, 0.5) is 0 Å². The molecule has 0 saturated heterocycles. The van der Waals surface area contributed by atoms with E-state index in [-0.39, 0.29) is 11.5 Å². The summed E-state index contributed by atoms with van der Waals surface area (Å²) in [6.45, 7) is 0. The number of hydrogen-bond acceptors (Lipinski definition) is 6. The standard InChI is InChI=1S/C16H13BrO5S/c1-20-13-9-10(16(19)21-2)3-6-12(13)22-15(18)8-5-11-4-7-14(17)23-11/h3-9H,1-2H3/b8-5+. The van der Waals surface area contributed by atoms with E-state index >= 15 is 0 Å². The minimum atomic E-state index is -0.543. The number of carbonyl (C=O) groups is 2. The summed E-state index contributed by atoms with van der Waals surface area (Å²) in [5.74, 6) is -0.543. The molecule has 0 unspecified atom stereocenters. The molecule has 120 valence electrons. The van der Waals surface area contributed by atoms with Crippen molar-refractivity contribution in [2.24, 2.45) is 0 Å². The molecule has 5 nitrogen and oxygen atoms in total. The van der Waals surface area contributed by atoms with E-state index in [1.165, 1.54) is 49.8 Å². The van der Waals surface area contributed by atoms with E-state index in [0.29, 0.717) is 5.56 Å². The minimum Gasteiger partial charge on any atom is -0.493 e. The maximum absolute atomic E-state index is 11.9. The first-order valence-corrected chi connectivity index (χ1v) is 8.06. The summed E-state index contributed by atoms with van der Waals surface area (Å²) < 4.78 is 16.0. The van der Waals surface area contributed by atoms with Crippen LogP contribution in [0, 0.1) is 0 Å². The van der Waals surface area contributed by atoms with Gasteiger partial charge >= 0.3 is 11.9 Å². The normalized spacial score (nSPS) is 10.6. The summed E-state index contributed by atoms with van der Waals surface area (Å²) in [6, 6.07) is 8.21. The van der Waals surface area contributed by atoms with E-state index in [1.54, 1.807) is 6.08 Å². The molecule has 0 N–H and O–H groups in total. The Bertz CT molecular complexity index is 751. The second-order valence-electron chi connectivity index (χ2n) is 4.25. The molecule has 0 spiro atoms. The van der Waals surface area contributed by atoms with Crippen LogP contribution in [0.1, 0.15) is 15.2 Å². The van der Waals surface area contributed by atoms with Crippen LogP contribution in [0.2, 0.25) is 0 Å². The number of rotatable bonds is 5. The summed E-state index contributed by atoms with van der Waals surface area (Å²) >= 11 is 4.85. The van der Waals surface area contributed by atoms with Gasteiger partial charge in [0.05, 0.1) is 23.6 Å². The fourth-order valence-corrected chi connectivity index (χ4v) is 3.03. The van der Waals surface area contributed by atoms with Crippen LogP contribution < -0.4 is 9.47 Å². The first-order chi connectivity index (χ1) is 11.0. The van der Waals surface area contributed by atoms with E-state index in [2.05, 4.69) is 20.7 Å². The molecule has 0 aliphatic heterocycles. The van der Waals surface area contributed by atoms with Crippen molar-refractivity contribution < 1.29 is 23.8 Å². The fourth-order valence-electron chi connectivity index (χ4n) is 1.71. The van der Waals surface area contributed by atoms with Crippen LogP contribution in [0.15, 0.2) is 40.2 Å². The zero-order chi connectivity index (χ0) is 16.8. The van der Waals surface area contributed by atoms with E-state index in [1.807, 2.05) is 12.1 Å². The molecule has 0 radical (unpaired) electrons. The minimum absolute atomic E-state index is 0.224. The Morgan fingerprint density at radius 1 is 1.13 bits per heavy atom. The maximum atomic E-state index is 11.9. The van der Waals surface area contributed by atoms with Crippen molar-refractivity contribution in [3.8, 4) is 11.5 Å². The lowest BCUT2D eigenvalue weighted by Gasteiger charge is -2.09. The van der Waals surface area contributed by atoms with E-state index in [9.17, 15) is 9.59 Å². The number of esters is 2. The third kappa shape index (κ3) is 4.67. The zero-order valence-corrected chi connectivity index (χ0v) is 14.8. The van der Waals surface area contributed by atoms with E-state index < -0.39 is 11.9 Å². The van der Waals surface area contributed by atoms with Crippen LogP contribution in [-0.2, 0) is 9.53 Å². The molecule has 0 aliphatic rings. The van der Waals surface area contributed by atoms with Gasteiger partial charge in [0, 0.05) is 11.0 Å². The lowest BCUT2D eigenvalue weighted by atomic mass is 10.2. The molecule has 0 atom stereocenters. The molecule has 0 bridgehead atoms. The Balaban J connectivity index is 2.11. The second kappa shape index (κ2) is 7.94. The monoisotopic (exact) mass is 396 g/mol. The van der Waals surface area contributed by atoms with Gasteiger partial charge in [-0.3, -0.25) is 0 Å². The van der Waals surface area contributed by atoms with Gasteiger partial charge in [-0.05, 0) is 52.3 Å². The fraction of sp³-hybridized carbons (Fsp3) is 0.125. The van der Waals surface area contributed by atoms with Crippen molar-refractivity contribution in [2.75, 3.05) is 14.2 Å². The summed E-state index contributed by atoms with van der Waals surface area (Å²) in [6.07, 6.45) is 2.99. The summed E-state index contributed by atoms with van der Waals surface area (Å²) in [5, 5.41) is 0. The van der Waals surface area contributed by atoms with Gasteiger partial charge in [-0.15, -0.1) is 11.3 Å². The highest BCUT2D eigenvalue weighted by Crippen LogP contribution is 2.29. The highest BCUT2D eigenvalue weighted by atomic mass is 79.9. The van der Waals surface area contributed by atoms with Crippen LogP contribution >= 0.6 is 27.3 Å². The van der Waals surface area contributed by atoms with Crippen molar-refractivity contribution in [3.05, 3.63) is 50.6 Å². The van der Waals surface area contributed by atoms with Gasteiger partial charge in [0.15, 0.2) is 11.5 Å². The van der Waals surface area contributed by atoms with Gasteiger partial charge in [0.2, 0.25) is 0 Å². The Labute approximate surface area is 145 Å². The molecule has 1 heterocycles. The van der Waals surface area contributed by atoms with Crippen LogP contribution in [0.3, 0.4) is 0 Å². The number of carbonyl (C=O) groups excluding carboxylic acids is 2. The van der Waals surface area contributed by atoms with Crippen molar-refractivity contribution in [1.29, 1.82) is 0 Å². The van der Waals surface area contributed by atoms with Gasteiger partial charge in [-0.1, -0.05) is 0 Å². The van der Waals surface area contributed by atoms with Gasteiger partial charge in [0.25, 0.3) is 0 Å². The SMILES string of the molecule is COC(=O)c1ccc(OC(=O)/C=C/c2ccc(Br)s2)c(OC)c1. The molecule has 0 amide bonds. The first-order valence-electron chi connectivity index (χ1n) is 6.45. The average Bonchev–Trinajstić information content (AvgIpc) is 2.98. The predicted molar refractivity (Wildman–Crippen MR) is 91.0 cm³/mol. The summed E-state index contributed by atoms with van der Waals surface area (Å²) in [5.41, 5.74) is 0.308. The van der Waals surface area contributed by atoms with Gasteiger partial charge in [-0.25, -0.2) is 9.59 Å². The van der Waals surface area contributed by atoms with Crippen LogP contribution in [0.5, 0.6) is 11.5 Å². The predicted octanol–water partition coefficient (Wildman–Crippen LogP) is 3.92. The third-order valence-corrected chi connectivity index (χ3v) is 4.36. The lowest BCUT2D eigenvalue weighted by Crippen LogP contribution is -2.06. The Morgan fingerprint density at radius 3 is 2.52 bits per heavy atom. The largest absolute Gasteiger partial charge is 0.493 e. The van der Waals surface area contributed by atoms with Crippen molar-refractivity contribution in [1.82, 2.24) is 0 Å². The van der Waals surface area contributed by atoms with Crippen molar-refractivity contribution in [3.63, 3.8) is 0 Å². The molecule has 7 heteroatoms. The van der Waals surface area contributed by atoms with E-state index in [4.69, 9.17) is 9.47 Å². The third-order valence-electron chi connectivity index (χ3n) is 2.77. The van der Waals surface area contributed by atoms with Gasteiger partial charge in [0.1, 0.15) is 0 Å². The smallest absolute Gasteiger partial charge is 0.337 e. The quantitative estimate of drug-likeness (QED) is 0.435. The number of thiophene rings is 1. The zero-order valence-electron chi connectivity index (χ0n) is 12.4. The van der Waals surface area contributed by atoms with Gasteiger partial charge < -0.3 is 14.2 Å². The Morgan fingerprint density at radius 2 is 1.91 bits per heavy atom. The molecule has 2 rings (SSSR count). The number of ether oxygens (including phenoxy) is 3. The Hall–Kier alpha value is -2.12. The Kier molecular flexibility index (Phi) is 5.95. The average molecular weight is 397 g/mol. The molecular weight excluding hydrogens is 384 g/mol. The molecule has 0 aliphatic carbocycles. The molecule has 1 aromatic carbocycles. The number of benzene rings is 1. The van der Waals surface area contributed by atoms with Crippen molar-refractivity contribution in [2.45, 2.75) is 0 Å². The number of halogens is 1. The molecule has 23 heavy (non-hydrogen) atoms. The highest BCUT2D eigenvalue weighted by molar-refractivity contribution is 9.11. The summed E-state index contributed by atoms with van der Waals surface area (Å²) in [7, 11) is 2.71.